The molecule has 0 saturated carbocycles. The lowest BCUT2D eigenvalue weighted by Crippen LogP contribution is -2.30. The van der Waals surface area contributed by atoms with Gasteiger partial charge in [0.05, 0.1) is 19.8 Å². The van der Waals surface area contributed by atoms with E-state index < -0.39 is 10.0 Å². The minimum Gasteiger partial charge on any atom is -0.298 e. The molecule has 0 bridgehead atoms. The Hall–Kier alpha value is -2.56. The van der Waals surface area contributed by atoms with Crippen LogP contribution in [0.3, 0.4) is 0 Å². The number of halogens is 1. The molecule has 170 valence electrons. The van der Waals surface area contributed by atoms with Crippen molar-refractivity contribution in [3.8, 4) is 10.6 Å². The molecule has 0 spiro atoms. The number of thiazole rings is 1. The molecule has 1 amide bonds. The molecule has 2 heterocycles. The first kappa shape index (κ1) is 23.6. The van der Waals surface area contributed by atoms with E-state index in [1.807, 2.05) is 41.8 Å². The molecule has 0 aliphatic rings. The Bertz CT molecular complexity index is 1350. The lowest BCUT2D eigenvalue weighted by atomic mass is 10.2. The maximum absolute atomic E-state index is 13.1. The van der Waals surface area contributed by atoms with E-state index in [2.05, 4.69) is 10.3 Å². The number of anilines is 1. The van der Waals surface area contributed by atoms with Crippen LogP contribution in [0.1, 0.15) is 22.8 Å². The number of amides is 1. The van der Waals surface area contributed by atoms with Crippen molar-refractivity contribution >= 4 is 55.3 Å². The van der Waals surface area contributed by atoms with Gasteiger partial charge in [-0.15, -0.1) is 22.7 Å². The van der Waals surface area contributed by atoms with Gasteiger partial charge in [0.1, 0.15) is 0 Å². The molecule has 0 atom stereocenters. The summed E-state index contributed by atoms with van der Waals surface area (Å²) in [5, 5.41) is 5.06. The molecule has 1 N–H and O–H groups in total. The van der Waals surface area contributed by atoms with E-state index in [-0.39, 0.29) is 17.3 Å². The van der Waals surface area contributed by atoms with E-state index in [1.54, 1.807) is 13.0 Å². The van der Waals surface area contributed by atoms with E-state index in [4.69, 9.17) is 11.6 Å². The Morgan fingerprint density at radius 1 is 1.06 bits per heavy atom. The number of aromatic nitrogens is 1. The van der Waals surface area contributed by atoms with Crippen molar-refractivity contribution in [2.75, 3.05) is 11.9 Å². The van der Waals surface area contributed by atoms with Gasteiger partial charge in [-0.05, 0) is 42.0 Å². The highest BCUT2D eigenvalue weighted by atomic mass is 35.5. The fourth-order valence-electron chi connectivity index (χ4n) is 3.15. The fraction of sp³-hybridized carbons (Fsp3) is 0.130. The van der Waals surface area contributed by atoms with Crippen molar-refractivity contribution in [2.24, 2.45) is 0 Å². The van der Waals surface area contributed by atoms with Crippen LogP contribution in [-0.4, -0.2) is 30.2 Å². The van der Waals surface area contributed by atoms with Gasteiger partial charge in [-0.25, -0.2) is 13.4 Å². The Morgan fingerprint density at radius 3 is 2.42 bits per heavy atom. The second-order valence-electron chi connectivity index (χ2n) is 7.04. The van der Waals surface area contributed by atoms with Gasteiger partial charge in [0, 0.05) is 24.0 Å². The number of sulfonamides is 1. The van der Waals surface area contributed by atoms with Crippen molar-refractivity contribution in [2.45, 2.75) is 18.4 Å². The van der Waals surface area contributed by atoms with Crippen LogP contribution < -0.4 is 5.32 Å². The zero-order valence-electron chi connectivity index (χ0n) is 17.6. The zero-order chi connectivity index (χ0) is 23.4. The molecule has 0 unspecified atom stereocenters. The third-order valence-electron chi connectivity index (χ3n) is 4.86. The Labute approximate surface area is 205 Å². The molecular formula is C23H20ClN3O3S3. The van der Waals surface area contributed by atoms with Crippen LogP contribution in [0, 0.1) is 0 Å². The van der Waals surface area contributed by atoms with Crippen LogP contribution in [0.25, 0.3) is 10.6 Å². The number of carbonyl (C=O) groups is 1. The van der Waals surface area contributed by atoms with Crippen LogP contribution >= 0.6 is 34.3 Å². The summed E-state index contributed by atoms with van der Waals surface area (Å²) < 4.78 is 28.3. The molecule has 0 radical (unpaired) electrons. The van der Waals surface area contributed by atoms with E-state index in [0.29, 0.717) is 21.6 Å². The number of hydrogen-bond acceptors (Lipinski definition) is 6. The quantitative estimate of drug-likeness (QED) is 0.311. The standard InChI is InChI=1S/C23H20ClN3O3S3/c1-2-27(14-16-6-4-3-5-7-16)33(29,30)18-10-8-17(9-11-18)22(28)26-23-25-19(15-31-23)20-12-13-21(24)32-20/h3-13,15H,2,14H2,1H3,(H,25,26,28). The first-order valence-electron chi connectivity index (χ1n) is 10.0. The topological polar surface area (TPSA) is 79.4 Å². The maximum Gasteiger partial charge on any atom is 0.257 e. The Morgan fingerprint density at radius 2 is 1.79 bits per heavy atom. The summed E-state index contributed by atoms with van der Waals surface area (Å²) in [4.78, 5) is 18.1. The van der Waals surface area contributed by atoms with Gasteiger partial charge < -0.3 is 0 Å². The predicted octanol–water partition coefficient (Wildman–Crippen LogP) is 5.99. The molecule has 0 fully saturated rings. The maximum atomic E-state index is 13.1. The highest BCUT2D eigenvalue weighted by molar-refractivity contribution is 7.89. The minimum atomic E-state index is -3.69. The van der Waals surface area contributed by atoms with Crippen molar-refractivity contribution in [3.05, 3.63) is 87.6 Å². The second-order valence-corrected chi connectivity index (χ2v) is 11.5. The number of benzene rings is 2. The Kier molecular flexibility index (Phi) is 7.26. The lowest BCUT2D eigenvalue weighted by Gasteiger charge is -2.20. The Balaban J connectivity index is 1.46. The first-order valence-corrected chi connectivity index (χ1v) is 13.5. The molecule has 4 aromatic rings. The van der Waals surface area contributed by atoms with Crippen LogP contribution in [0.2, 0.25) is 4.34 Å². The van der Waals surface area contributed by atoms with Crippen molar-refractivity contribution in [3.63, 3.8) is 0 Å². The summed E-state index contributed by atoms with van der Waals surface area (Å²) in [6.07, 6.45) is 0. The van der Waals surface area contributed by atoms with Gasteiger partial charge in [0.25, 0.3) is 5.91 Å². The van der Waals surface area contributed by atoms with Gasteiger partial charge >= 0.3 is 0 Å². The SMILES string of the molecule is CCN(Cc1ccccc1)S(=O)(=O)c1ccc(C(=O)Nc2nc(-c3ccc(Cl)s3)cs2)cc1. The zero-order valence-corrected chi connectivity index (χ0v) is 20.8. The number of nitrogens with zero attached hydrogens (tertiary/aromatic N) is 2. The predicted molar refractivity (Wildman–Crippen MR) is 135 cm³/mol. The third-order valence-corrected chi connectivity index (χ3v) is 8.81. The van der Waals surface area contributed by atoms with E-state index in [1.165, 1.54) is 51.2 Å². The highest BCUT2D eigenvalue weighted by Gasteiger charge is 2.23. The van der Waals surface area contributed by atoms with Gasteiger partial charge in [0.15, 0.2) is 5.13 Å². The van der Waals surface area contributed by atoms with Crippen LogP contribution in [0.5, 0.6) is 0 Å². The third kappa shape index (κ3) is 5.51. The summed E-state index contributed by atoms with van der Waals surface area (Å²) >= 11 is 8.70. The molecule has 0 aliphatic heterocycles. The van der Waals surface area contributed by atoms with Gasteiger partial charge in [-0.1, -0.05) is 48.9 Å². The molecule has 0 saturated heterocycles. The molecule has 2 aromatic carbocycles. The smallest absolute Gasteiger partial charge is 0.257 e. The average Bonchev–Trinajstić information content (AvgIpc) is 3.47. The summed E-state index contributed by atoms with van der Waals surface area (Å²) in [5.41, 5.74) is 1.99. The molecule has 10 heteroatoms. The molecule has 4 rings (SSSR count). The van der Waals surface area contributed by atoms with Crippen molar-refractivity contribution < 1.29 is 13.2 Å². The van der Waals surface area contributed by atoms with E-state index in [0.717, 1.165) is 16.1 Å². The summed E-state index contributed by atoms with van der Waals surface area (Å²) in [7, 11) is -3.69. The molecular weight excluding hydrogens is 498 g/mol. The molecule has 6 nitrogen and oxygen atoms in total. The molecule has 2 aromatic heterocycles. The van der Waals surface area contributed by atoms with Gasteiger partial charge in [-0.3, -0.25) is 10.1 Å². The van der Waals surface area contributed by atoms with Crippen molar-refractivity contribution in [1.82, 2.24) is 9.29 Å². The summed E-state index contributed by atoms with van der Waals surface area (Å²) in [6, 6.07) is 19.0. The van der Waals surface area contributed by atoms with Crippen LogP contribution in [-0.2, 0) is 16.6 Å². The largest absolute Gasteiger partial charge is 0.298 e. The number of rotatable bonds is 8. The lowest BCUT2D eigenvalue weighted by molar-refractivity contribution is 0.102. The van der Waals surface area contributed by atoms with E-state index >= 15 is 0 Å². The number of carbonyl (C=O) groups excluding carboxylic acids is 1. The summed E-state index contributed by atoms with van der Waals surface area (Å²) in [5.74, 6) is -0.360. The minimum absolute atomic E-state index is 0.142. The fourth-order valence-corrected chi connectivity index (χ4v) is 6.37. The number of thiophene rings is 1. The highest BCUT2D eigenvalue weighted by Crippen LogP contribution is 2.33. The number of nitrogens with one attached hydrogen (secondary N) is 1. The first-order chi connectivity index (χ1) is 15.9. The van der Waals surface area contributed by atoms with Crippen LogP contribution in [0.4, 0.5) is 5.13 Å². The van der Waals surface area contributed by atoms with E-state index in [9.17, 15) is 13.2 Å². The monoisotopic (exact) mass is 517 g/mol. The van der Waals surface area contributed by atoms with Crippen molar-refractivity contribution in [1.29, 1.82) is 0 Å². The average molecular weight is 518 g/mol. The molecule has 33 heavy (non-hydrogen) atoms. The molecule has 0 aliphatic carbocycles. The van der Waals surface area contributed by atoms with Gasteiger partial charge in [-0.2, -0.15) is 4.31 Å². The second kappa shape index (κ2) is 10.1. The van der Waals surface area contributed by atoms with Crippen LogP contribution in [0.15, 0.2) is 77.0 Å². The number of hydrogen-bond donors (Lipinski definition) is 1. The summed E-state index contributed by atoms with van der Waals surface area (Å²) in [6.45, 7) is 2.42. The normalized spacial score (nSPS) is 11.6. The van der Waals surface area contributed by atoms with Gasteiger partial charge in [0.2, 0.25) is 10.0 Å².